The van der Waals surface area contributed by atoms with E-state index in [1.165, 1.54) is 23.1 Å². The molecule has 0 atom stereocenters. The molecule has 18 heteroatoms. The molecule has 2 amide bonds. The van der Waals surface area contributed by atoms with Crippen LogP contribution in [0.15, 0.2) is 65.1 Å². The Morgan fingerprint density at radius 3 is 1.95 bits per heavy atom. The van der Waals surface area contributed by atoms with Gasteiger partial charge in [-0.3, -0.25) is 30.1 Å². The van der Waals surface area contributed by atoms with E-state index >= 15 is 0 Å². The SMILES string of the molecule is O=C(NO)c1cc(Br)c(F)c(F)c1Nc1ccc(I)cc1Cl.O=C(NO)c1ccc([N+](=O)[O-])cc1Nc1ccc(I)cc1F. The molecular formula is C26H16BrClF3I2N5O6. The van der Waals surface area contributed by atoms with Crippen LogP contribution >= 0.6 is 72.7 Å². The number of halogens is 7. The van der Waals surface area contributed by atoms with Crippen LogP contribution in [-0.2, 0) is 0 Å². The van der Waals surface area contributed by atoms with E-state index in [2.05, 4.69) is 26.6 Å². The lowest BCUT2D eigenvalue weighted by Gasteiger charge is -2.14. The number of anilines is 4. The summed E-state index contributed by atoms with van der Waals surface area (Å²) >= 11 is 12.8. The molecule has 0 aliphatic heterocycles. The van der Waals surface area contributed by atoms with Gasteiger partial charge in [-0.05, 0) is 110 Å². The van der Waals surface area contributed by atoms with Gasteiger partial charge in [-0.2, -0.15) is 0 Å². The first-order chi connectivity index (χ1) is 20.8. The zero-order chi connectivity index (χ0) is 32.7. The molecule has 0 heterocycles. The van der Waals surface area contributed by atoms with Crippen LogP contribution in [0.3, 0.4) is 0 Å². The lowest BCUT2D eigenvalue weighted by molar-refractivity contribution is -0.384. The summed E-state index contributed by atoms with van der Waals surface area (Å²) in [7, 11) is 0. The first-order valence-electron chi connectivity index (χ1n) is 11.6. The number of benzene rings is 4. The Kier molecular flexibility index (Phi) is 12.5. The fourth-order valence-electron chi connectivity index (χ4n) is 3.43. The van der Waals surface area contributed by atoms with Gasteiger partial charge in [0.1, 0.15) is 5.82 Å². The first-order valence-corrected chi connectivity index (χ1v) is 14.9. The van der Waals surface area contributed by atoms with Crippen molar-refractivity contribution in [3.05, 3.63) is 116 Å². The third kappa shape index (κ3) is 8.69. The number of non-ortho nitro benzene ring substituents is 1. The third-order valence-electron chi connectivity index (χ3n) is 5.46. The minimum Gasteiger partial charge on any atom is -0.352 e. The van der Waals surface area contributed by atoms with E-state index in [1.54, 1.807) is 24.3 Å². The van der Waals surface area contributed by atoms with Crippen molar-refractivity contribution >= 4 is 113 Å². The van der Waals surface area contributed by atoms with Gasteiger partial charge in [0, 0.05) is 19.3 Å². The van der Waals surface area contributed by atoms with Gasteiger partial charge in [0.05, 0.1) is 48.3 Å². The van der Waals surface area contributed by atoms with Crippen LogP contribution in [0, 0.1) is 34.7 Å². The number of nitro groups is 1. The number of hydrogen-bond acceptors (Lipinski definition) is 8. The van der Waals surface area contributed by atoms with Crippen molar-refractivity contribution in [2.75, 3.05) is 10.6 Å². The van der Waals surface area contributed by atoms with Gasteiger partial charge < -0.3 is 10.6 Å². The predicted molar refractivity (Wildman–Crippen MR) is 176 cm³/mol. The Balaban J connectivity index is 0.000000240. The molecule has 0 saturated heterocycles. The highest BCUT2D eigenvalue weighted by Gasteiger charge is 2.22. The van der Waals surface area contributed by atoms with Crippen molar-refractivity contribution in [1.82, 2.24) is 11.0 Å². The maximum atomic E-state index is 14.1. The molecule has 0 spiro atoms. The van der Waals surface area contributed by atoms with E-state index in [0.717, 1.165) is 27.8 Å². The van der Waals surface area contributed by atoms with Crippen LogP contribution < -0.4 is 21.6 Å². The summed E-state index contributed by atoms with van der Waals surface area (Å²) in [4.78, 5) is 33.4. The van der Waals surface area contributed by atoms with E-state index in [-0.39, 0.29) is 43.4 Å². The van der Waals surface area contributed by atoms with Crippen LogP contribution in [0.25, 0.3) is 0 Å². The molecule has 0 radical (unpaired) electrons. The number of hydrogen-bond donors (Lipinski definition) is 6. The van der Waals surface area contributed by atoms with Gasteiger partial charge in [-0.25, -0.2) is 24.1 Å². The number of nitro benzene ring substituents is 1. The second kappa shape index (κ2) is 15.7. The Labute approximate surface area is 286 Å². The van der Waals surface area contributed by atoms with E-state index in [0.29, 0.717) is 3.57 Å². The number of amides is 2. The van der Waals surface area contributed by atoms with Crippen molar-refractivity contribution in [2.24, 2.45) is 0 Å². The van der Waals surface area contributed by atoms with Gasteiger partial charge in [0.25, 0.3) is 17.5 Å². The Hall–Kier alpha value is -3.24. The normalized spacial score (nSPS) is 10.3. The maximum absolute atomic E-state index is 14.1. The molecule has 6 N–H and O–H groups in total. The highest BCUT2D eigenvalue weighted by molar-refractivity contribution is 14.1. The predicted octanol–water partition coefficient (Wildman–Crippen LogP) is 8.05. The average Bonchev–Trinajstić information content (AvgIpc) is 2.99. The number of hydroxylamine groups is 2. The number of rotatable bonds is 7. The maximum Gasteiger partial charge on any atom is 0.276 e. The smallest absolute Gasteiger partial charge is 0.276 e. The second-order valence-corrected chi connectivity index (χ2v) is 12.0. The Bertz CT molecular complexity index is 1770. The minimum absolute atomic E-state index is 0.000795. The standard InChI is InChI=1S/C13H7BrClF2IN2O2.C13H9FIN3O4/c14-7-4-6(13(21)20-22)12(11(17)10(7)16)19-9-2-1-5(18)3-8(9)15;14-10-5-7(15)1-4-11(10)16-12-6-8(18(21)22)2-3-9(12)13(19)17-20/h1-4,19,22H,(H,20,21);1-6,16,20H,(H,17,19). The van der Waals surface area contributed by atoms with E-state index in [1.807, 2.05) is 45.2 Å². The quantitative estimate of drug-likeness (QED) is 0.0357. The van der Waals surface area contributed by atoms with E-state index in [4.69, 9.17) is 22.0 Å². The molecule has 0 aliphatic carbocycles. The number of nitrogens with zero attached hydrogens (tertiary/aromatic N) is 1. The van der Waals surface area contributed by atoms with Crippen molar-refractivity contribution in [1.29, 1.82) is 0 Å². The molecule has 11 nitrogen and oxygen atoms in total. The van der Waals surface area contributed by atoms with Crippen LogP contribution in [0.2, 0.25) is 5.02 Å². The summed E-state index contributed by atoms with van der Waals surface area (Å²) in [6, 6.07) is 13.6. The molecule has 44 heavy (non-hydrogen) atoms. The van der Waals surface area contributed by atoms with Crippen molar-refractivity contribution in [2.45, 2.75) is 0 Å². The molecule has 4 aromatic rings. The van der Waals surface area contributed by atoms with E-state index in [9.17, 15) is 32.9 Å². The second-order valence-electron chi connectivity index (χ2n) is 8.28. The third-order valence-corrected chi connectivity index (χ3v) is 7.69. The average molecular weight is 921 g/mol. The molecule has 0 fully saturated rings. The molecule has 0 aromatic heterocycles. The summed E-state index contributed by atoms with van der Waals surface area (Å²) in [6.07, 6.45) is 0. The molecule has 0 aliphatic rings. The van der Waals surface area contributed by atoms with Gasteiger partial charge in [0.2, 0.25) is 0 Å². The molecular weight excluding hydrogens is 904 g/mol. The summed E-state index contributed by atoms with van der Waals surface area (Å²) in [6.45, 7) is 0. The van der Waals surface area contributed by atoms with Gasteiger partial charge in [-0.15, -0.1) is 0 Å². The number of nitrogens with one attached hydrogen (secondary N) is 4. The van der Waals surface area contributed by atoms with Gasteiger partial charge >= 0.3 is 0 Å². The fraction of sp³-hybridized carbons (Fsp3) is 0. The van der Waals surface area contributed by atoms with E-state index < -0.39 is 39.9 Å². The number of carbonyl (C=O) groups is 2. The van der Waals surface area contributed by atoms with Crippen molar-refractivity contribution < 1.29 is 38.1 Å². The summed E-state index contributed by atoms with van der Waals surface area (Å²) in [5, 5.41) is 33.7. The topological polar surface area (TPSA) is 166 Å². The largest absolute Gasteiger partial charge is 0.352 e. The molecule has 230 valence electrons. The lowest BCUT2D eigenvalue weighted by atomic mass is 10.1. The van der Waals surface area contributed by atoms with Crippen LogP contribution in [-0.4, -0.2) is 27.2 Å². The first kappa shape index (κ1) is 35.2. The minimum atomic E-state index is -1.28. The summed E-state index contributed by atoms with van der Waals surface area (Å²) in [5.41, 5.74) is 2.09. The summed E-state index contributed by atoms with van der Waals surface area (Å²) < 4.78 is 43.0. The highest BCUT2D eigenvalue weighted by Crippen LogP contribution is 2.34. The molecule has 0 saturated carbocycles. The Morgan fingerprint density at radius 1 is 0.795 bits per heavy atom. The monoisotopic (exact) mass is 919 g/mol. The van der Waals surface area contributed by atoms with Gasteiger partial charge in [0.15, 0.2) is 11.6 Å². The summed E-state index contributed by atoms with van der Waals surface area (Å²) in [5.74, 6) is -4.89. The molecule has 4 aromatic carbocycles. The molecule has 0 bridgehead atoms. The van der Waals surface area contributed by atoms with Crippen molar-refractivity contribution in [3.8, 4) is 0 Å². The molecule has 0 unspecified atom stereocenters. The zero-order valence-corrected chi connectivity index (χ0v) is 28.1. The van der Waals surface area contributed by atoms with Crippen LogP contribution in [0.5, 0.6) is 0 Å². The zero-order valence-electron chi connectivity index (χ0n) is 21.4. The number of carbonyl (C=O) groups excluding carboxylic acids is 2. The van der Waals surface area contributed by atoms with Crippen LogP contribution in [0.4, 0.5) is 41.6 Å². The van der Waals surface area contributed by atoms with Crippen LogP contribution in [0.1, 0.15) is 20.7 Å². The fourth-order valence-corrected chi connectivity index (χ4v) is 5.18. The van der Waals surface area contributed by atoms with Gasteiger partial charge in [-0.1, -0.05) is 11.6 Å². The Morgan fingerprint density at radius 2 is 1.39 bits per heavy atom. The van der Waals surface area contributed by atoms with Crippen molar-refractivity contribution in [3.63, 3.8) is 0 Å². The molecule has 4 rings (SSSR count). The lowest BCUT2D eigenvalue weighted by Crippen LogP contribution is -2.21. The highest BCUT2D eigenvalue weighted by atomic mass is 127.